The summed E-state index contributed by atoms with van der Waals surface area (Å²) >= 11 is 1.51. The second-order valence-corrected chi connectivity index (χ2v) is 8.23. The summed E-state index contributed by atoms with van der Waals surface area (Å²) in [5.41, 5.74) is 2.99. The maximum Gasteiger partial charge on any atom is 0.255 e. The summed E-state index contributed by atoms with van der Waals surface area (Å²) in [4.78, 5) is 27.0. The predicted octanol–water partition coefficient (Wildman–Crippen LogP) is 4.10. The highest BCUT2D eigenvalue weighted by Gasteiger charge is 2.22. The van der Waals surface area contributed by atoms with Crippen LogP contribution < -0.4 is 10.6 Å². The quantitative estimate of drug-likeness (QED) is 0.644. The molecule has 0 spiro atoms. The maximum absolute atomic E-state index is 12.7. The SMILES string of the molecule is CC(C)Nc1c(C(=O)NCCC2CC2)cnc2sc(-c3cccnc3)nc12. The van der Waals surface area contributed by atoms with Gasteiger partial charge >= 0.3 is 0 Å². The third-order valence-electron chi connectivity index (χ3n) is 4.55. The van der Waals surface area contributed by atoms with Crippen LogP contribution in [-0.2, 0) is 0 Å². The monoisotopic (exact) mass is 381 g/mol. The van der Waals surface area contributed by atoms with Crippen molar-refractivity contribution in [2.24, 2.45) is 5.92 Å². The number of nitrogens with one attached hydrogen (secondary N) is 2. The Hall–Kier alpha value is -2.54. The van der Waals surface area contributed by atoms with Crippen LogP contribution in [-0.4, -0.2) is 33.4 Å². The summed E-state index contributed by atoms with van der Waals surface area (Å²) < 4.78 is 0. The van der Waals surface area contributed by atoms with Gasteiger partial charge < -0.3 is 10.6 Å². The normalized spacial score (nSPS) is 13.9. The average molecular weight is 382 g/mol. The van der Waals surface area contributed by atoms with Crippen molar-refractivity contribution < 1.29 is 4.79 Å². The van der Waals surface area contributed by atoms with Crippen LogP contribution in [0.1, 0.15) is 43.5 Å². The van der Waals surface area contributed by atoms with E-state index in [-0.39, 0.29) is 11.9 Å². The smallest absolute Gasteiger partial charge is 0.255 e. The molecule has 3 aromatic heterocycles. The molecule has 140 valence electrons. The Balaban J connectivity index is 1.68. The molecule has 0 unspecified atom stereocenters. The van der Waals surface area contributed by atoms with Crippen molar-refractivity contribution in [1.29, 1.82) is 0 Å². The van der Waals surface area contributed by atoms with E-state index in [1.807, 2.05) is 12.1 Å². The van der Waals surface area contributed by atoms with E-state index in [2.05, 4.69) is 34.4 Å². The molecule has 0 saturated heterocycles. The number of anilines is 1. The maximum atomic E-state index is 12.7. The van der Waals surface area contributed by atoms with E-state index < -0.39 is 0 Å². The number of pyridine rings is 2. The van der Waals surface area contributed by atoms with E-state index in [4.69, 9.17) is 4.98 Å². The Labute approximate surface area is 162 Å². The number of carbonyl (C=O) groups excluding carboxylic acids is 1. The average Bonchev–Trinajstić information content (AvgIpc) is 3.37. The lowest BCUT2D eigenvalue weighted by Gasteiger charge is -2.15. The van der Waals surface area contributed by atoms with Crippen LogP contribution in [0.4, 0.5) is 5.69 Å². The largest absolute Gasteiger partial charge is 0.380 e. The zero-order valence-corrected chi connectivity index (χ0v) is 16.3. The number of rotatable bonds is 7. The van der Waals surface area contributed by atoms with Gasteiger partial charge in [-0.3, -0.25) is 9.78 Å². The fourth-order valence-electron chi connectivity index (χ4n) is 2.99. The lowest BCUT2D eigenvalue weighted by atomic mass is 10.1. The van der Waals surface area contributed by atoms with Crippen LogP contribution in [0.3, 0.4) is 0 Å². The molecule has 0 bridgehead atoms. The van der Waals surface area contributed by atoms with E-state index in [1.165, 1.54) is 24.2 Å². The number of nitrogens with zero attached hydrogens (tertiary/aromatic N) is 3. The molecule has 3 aromatic rings. The van der Waals surface area contributed by atoms with Gasteiger partial charge in [0.25, 0.3) is 5.91 Å². The molecule has 7 heteroatoms. The van der Waals surface area contributed by atoms with Crippen molar-refractivity contribution in [2.75, 3.05) is 11.9 Å². The highest BCUT2D eigenvalue weighted by atomic mass is 32.1. The molecule has 0 atom stereocenters. The van der Waals surface area contributed by atoms with Crippen molar-refractivity contribution >= 4 is 33.3 Å². The Morgan fingerprint density at radius 3 is 2.89 bits per heavy atom. The van der Waals surface area contributed by atoms with E-state index >= 15 is 0 Å². The summed E-state index contributed by atoms with van der Waals surface area (Å²) in [5, 5.41) is 7.29. The third-order valence-corrected chi connectivity index (χ3v) is 5.56. The summed E-state index contributed by atoms with van der Waals surface area (Å²) in [6, 6.07) is 4.05. The van der Waals surface area contributed by atoms with Crippen LogP contribution in [0.15, 0.2) is 30.7 Å². The van der Waals surface area contributed by atoms with Gasteiger partial charge in [-0.25, -0.2) is 9.97 Å². The van der Waals surface area contributed by atoms with Gasteiger partial charge in [-0.1, -0.05) is 24.2 Å². The molecule has 1 aliphatic carbocycles. The van der Waals surface area contributed by atoms with Gasteiger partial charge in [0.05, 0.1) is 11.3 Å². The number of thiazole rings is 1. The first kappa shape index (κ1) is 17.9. The topological polar surface area (TPSA) is 79.8 Å². The van der Waals surface area contributed by atoms with Crippen molar-refractivity contribution in [1.82, 2.24) is 20.3 Å². The van der Waals surface area contributed by atoms with Crippen molar-refractivity contribution in [3.63, 3.8) is 0 Å². The molecule has 0 aliphatic heterocycles. The van der Waals surface area contributed by atoms with E-state index in [1.54, 1.807) is 18.6 Å². The molecule has 0 aromatic carbocycles. The minimum absolute atomic E-state index is 0.0934. The van der Waals surface area contributed by atoms with Gasteiger partial charge in [-0.05, 0) is 38.3 Å². The first-order valence-electron chi connectivity index (χ1n) is 9.36. The van der Waals surface area contributed by atoms with E-state index in [9.17, 15) is 4.79 Å². The molecule has 1 aliphatic rings. The Morgan fingerprint density at radius 2 is 2.19 bits per heavy atom. The molecular formula is C20H23N5OS. The third kappa shape index (κ3) is 4.08. The molecule has 27 heavy (non-hydrogen) atoms. The van der Waals surface area contributed by atoms with Gasteiger partial charge in [-0.2, -0.15) is 0 Å². The zero-order chi connectivity index (χ0) is 18.8. The zero-order valence-electron chi connectivity index (χ0n) is 15.5. The molecule has 1 amide bonds. The molecule has 4 rings (SSSR count). The van der Waals surface area contributed by atoms with Crippen molar-refractivity contribution in [3.8, 4) is 10.6 Å². The van der Waals surface area contributed by atoms with Gasteiger partial charge in [0, 0.05) is 36.7 Å². The van der Waals surface area contributed by atoms with E-state index in [0.717, 1.165) is 38.9 Å². The molecule has 1 fully saturated rings. The molecule has 0 radical (unpaired) electrons. The summed E-state index contributed by atoms with van der Waals surface area (Å²) in [6.07, 6.45) is 8.82. The van der Waals surface area contributed by atoms with Crippen molar-refractivity contribution in [3.05, 3.63) is 36.3 Å². The van der Waals surface area contributed by atoms with Crippen LogP contribution in [0.5, 0.6) is 0 Å². The summed E-state index contributed by atoms with van der Waals surface area (Å²) in [5.74, 6) is 0.698. The Morgan fingerprint density at radius 1 is 1.33 bits per heavy atom. The number of amides is 1. The van der Waals surface area contributed by atoms with E-state index in [0.29, 0.717) is 12.1 Å². The minimum atomic E-state index is -0.0934. The van der Waals surface area contributed by atoms with Crippen LogP contribution in [0.25, 0.3) is 20.9 Å². The number of hydrogen-bond acceptors (Lipinski definition) is 6. The molecular weight excluding hydrogens is 358 g/mol. The molecule has 1 saturated carbocycles. The lowest BCUT2D eigenvalue weighted by Crippen LogP contribution is -2.26. The standard InChI is InChI=1S/C20H23N5OS/c1-12(2)24-16-15(18(26)22-9-7-13-5-6-13)11-23-20-17(16)25-19(27-20)14-4-3-8-21-10-14/h3-4,8,10-13H,5-7,9H2,1-2H3,(H,22,26)(H,23,24). The molecule has 3 heterocycles. The van der Waals surface area contributed by atoms with Gasteiger partial charge in [0.1, 0.15) is 15.4 Å². The molecule has 2 N–H and O–H groups in total. The Kier molecular flexibility index (Phi) is 5.03. The molecule has 6 nitrogen and oxygen atoms in total. The predicted molar refractivity (Wildman–Crippen MR) is 109 cm³/mol. The number of fused-ring (bicyclic) bond motifs is 1. The Bertz CT molecular complexity index is 950. The highest BCUT2D eigenvalue weighted by Crippen LogP contribution is 2.34. The van der Waals surface area contributed by atoms with Crippen LogP contribution in [0, 0.1) is 5.92 Å². The van der Waals surface area contributed by atoms with Crippen LogP contribution >= 0.6 is 11.3 Å². The van der Waals surface area contributed by atoms with Crippen LogP contribution in [0.2, 0.25) is 0 Å². The van der Waals surface area contributed by atoms with Gasteiger partial charge in [0.15, 0.2) is 0 Å². The van der Waals surface area contributed by atoms with Gasteiger partial charge in [0.2, 0.25) is 0 Å². The fraction of sp³-hybridized carbons (Fsp3) is 0.400. The first-order chi connectivity index (χ1) is 13.1. The van der Waals surface area contributed by atoms with Crippen molar-refractivity contribution in [2.45, 2.75) is 39.2 Å². The summed E-state index contributed by atoms with van der Waals surface area (Å²) in [7, 11) is 0. The number of carbonyl (C=O) groups is 1. The first-order valence-corrected chi connectivity index (χ1v) is 10.2. The summed E-state index contributed by atoms with van der Waals surface area (Å²) in [6.45, 7) is 4.81. The minimum Gasteiger partial charge on any atom is -0.380 e. The highest BCUT2D eigenvalue weighted by molar-refractivity contribution is 7.21. The second kappa shape index (κ2) is 7.60. The number of hydrogen-bond donors (Lipinski definition) is 2. The van der Waals surface area contributed by atoms with Gasteiger partial charge in [-0.15, -0.1) is 0 Å². The fourth-order valence-corrected chi connectivity index (χ4v) is 3.90. The second-order valence-electron chi connectivity index (χ2n) is 7.25. The lowest BCUT2D eigenvalue weighted by molar-refractivity contribution is 0.0953. The number of aromatic nitrogens is 3.